The van der Waals surface area contributed by atoms with Crippen LogP contribution in [0.25, 0.3) is 0 Å². The minimum atomic E-state index is -1.69. The lowest BCUT2D eigenvalue weighted by atomic mass is 9.85. The first-order valence-corrected chi connectivity index (χ1v) is 8.43. The third-order valence-electron chi connectivity index (χ3n) is 5.70. The molecule has 0 aromatic rings. The molecule has 138 valence electrons. The molecule has 9 atom stereocenters. The zero-order valence-corrected chi connectivity index (χ0v) is 13.3. The highest BCUT2D eigenvalue weighted by Gasteiger charge is 2.59. The zero-order valence-electron chi connectivity index (χ0n) is 13.3. The van der Waals surface area contributed by atoms with E-state index in [1.807, 2.05) is 12.2 Å². The number of rotatable bonds is 4. The lowest BCUT2D eigenvalue weighted by Crippen LogP contribution is -2.58. The standard InChI is InChI=1S/C16H21NO8/c18-10-11(19)15(23)25-16(12(10)20)24-4-3-17-13(21)8-6-1-2-7(5-6)9(8)14(17)22/h1-2,6-12,15-16,18-20,23H,3-5H2. The maximum absolute atomic E-state index is 12.5. The summed E-state index contributed by atoms with van der Waals surface area (Å²) >= 11 is 0. The van der Waals surface area contributed by atoms with Gasteiger partial charge in [0.15, 0.2) is 12.6 Å². The third kappa shape index (κ3) is 2.54. The van der Waals surface area contributed by atoms with Crippen LogP contribution in [0.5, 0.6) is 0 Å². The Bertz CT molecular complexity index is 579. The van der Waals surface area contributed by atoms with Gasteiger partial charge >= 0.3 is 0 Å². The first kappa shape index (κ1) is 17.1. The van der Waals surface area contributed by atoms with Crippen molar-refractivity contribution < 1.29 is 39.5 Å². The van der Waals surface area contributed by atoms with Crippen molar-refractivity contribution in [2.75, 3.05) is 13.2 Å². The Morgan fingerprint density at radius 3 is 2.20 bits per heavy atom. The lowest BCUT2D eigenvalue weighted by molar-refractivity contribution is -0.339. The van der Waals surface area contributed by atoms with E-state index in [-0.39, 0.29) is 48.6 Å². The first-order valence-electron chi connectivity index (χ1n) is 8.43. The monoisotopic (exact) mass is 355 g/mol. The van der Waals surface area contributed by atoms with Crippen LogP contribution in [0.4, 0.5) is 0 Å². The Balaban J connectivity index is 1.34. The maximum atomic E-state index is 12.5. The average molecular weight is 355 g/mol. The van der Waals surface area contributed by atoms with E-state index >= 15 is 0 Å². The second-order valence-electron chi connectivity index (χ2n) is 7.07. The van der Waals surface area contributed by atoms with Crippen LogP contribution in [0, 0.1) is 23.7 Å². The smallest absolute Gasteiger partial charge is 0.233 e. The Hall–Kier alpha value is -1.36. The number of allylic oxidation sites excluding steroid dienone is 2. The van der Waals surface area contributed by atoms with Gasteiger partial charge in [0, 0.05) is 0 Å². The summed E-state index contributed by atoms with van der Waals surface area (Å²) in [5, 5.41) is 38.3. The number of amides is 2. The molecule has 2 heterocycles. The number of imide groups is 1. The lowest BCUT2D eigenvalue weighted by Gasteiger charge is -2.38. The van der Waals surface area contributed by atoms with Gasteiger partial charge in [-0.1, -0.05) is 12.2 Å². The van der Waals surface area contributed by atoms with Crippen LogP contribution < -0.4 is 0 Å². The molecule has 4 aliphatic rings. The number of aliphatic hydroxyl groups excluding tert-OH is 4. The molecule has 3 fully saturated rings. The highest BCUT2D eigenvalue weighted by Crippen LogP contribution is 2.52. The molecule has 2 bridgehead atoms. The summed E-state index contributed by atoms with van der Waals surface area (Å²) in [5.41, 5.74) is 0. The molecule has 4 rings (SSSR count). The molecule has 2 saturated heterocycles. The molecule has 0 spiro atoms. The molecule has 0 aromatic heterocycles. The Morgan fingerprint density at radius 1 is 1.00 bits per heavy atom. The van der Waals surface area contributed by atoms with Gasteiger partial charge in [-0.3, -0.25) is 14.5 Å². The molecule has 9 nitrogen and oxygen atoms in total. The molecular formula is C16H21NO8. The van der Waals surface area contributed by atoms with Gasteiger partial charge in [0.05, 0.1) is 25.0 Å². The van der Waals surface area contributed by atoms with E-state index in [2.05, 4.69) is 0 Å². The van der Waals surface area contributed by atoms with Crippen molar-refractivity contribution >= 4 is 11.8 Å². The number of fused-ring (bicyclic) bond motifs is 5. The normalized spacial score (nSPS) is 48.5. The number of hydrogen-bond acceptors (Lipinski definition) is 8. The molecular weight excluding hydrogens is 334 g/mol. The van der Waals surface area contributed by atoms with Gasteiger partial charge in [0.1, 0.15) is 18.3 Å². The van der Waals surface area contributed by atoms with Crippen molar-refractivity contribution in [1.82, 2.24) is 4.90 Å². The summed E-state index contributed by atoms with van der Waals surface area (Å²) < 4.78 is 10.2. The van der Waals surface area contributed by atoms with Gasteiger partial charge in [-0.05, 0) is 18.3 Å². The fraction of sp³-hybridized carbons (Fsp3) is 0.750. The molecule has 2 amide bonds. The number of carbonyl (C=O) groups is 2. The number of carbonyl (C=O) groups excluding carboxylic acids is 2. The van der Waals surface area contributed by atoms with Crippen LogP contribution in [0.2, 0.25) is 0 Å². The van der Waals surface area contributed by atoms with E-state index in [0.29, 0.717) is 0 Å². The predicted octanol–water partition coefficient (Wildman–Crippen LogP) is -2.43. The summed E-state index contributed by atoms with van der Waals surface area (Å²) in [6, 6.07) is 0. The van der Waals surface area contributed by atoms with E-state index in [4.69, 9.17) is 9.47 Å². The summed E-state index contributed by atoms with van der Waals surface area (Å²) in [5.74, 6) is -0.692. The minimum Gasteiger partial charge on any atom is -0.387 e. The van der Waals surface area contributed by atoms with Gasteiger partial charge in [0.2, 0.25) is 11.8 Å². The largest absolute Gasteiger partial charge is 0.387 e. The molecule has 2 aliphatic carbocycles. The third-order valence-corrected chi connectivity index (χ3v) is 5.70. The van der Waals surface area contributed by atoms with Crippen molar-refractivity contribution in [2.24, 2.45) is 23.7 Å². The SMILES string of the molecule is O=C1C2C3C=CC(C3)C2C(=O)N1CCOC1OC(O)C(O)C(O)C1O. The topological polar surface area (TPSA) is 137 Å². The van der Waals surface area contributed by atoms with Crippen molar-refractivity contribution in [3.05, 3.63) is 12.2 Å². The van der Waals surface area contributed by atoms with Gasteiger partial charge in [-0.2, -0.15) is 0 Å². The van der Waals surface area contributed by atoms with Crippen LogP contribution in [0.3, 0.4) is 0 Å². The average Bonchev–Trinajstić information content (AvgIpc) is 3.26. The number of nitrogens with zero attached hydrogens (tertiary/aromatic N) is 1. The number of aliphatic hydroxyl groups is 4. The van der Waals surface area contributed by atoms with Gasteiger partial charge in [-0.25, -0.2) is 0 Å². The second-order valence-corrected chi connectivity index (χ2v) is 7.07. The molecule has 0 aromatic carbocycles. The van der Waals surface area contributed by atoms with E-state index in [0.717, 1.165) is 6.42 Å². The second kappa shape index (κ2) is 6.11. The van der Waals surface area contributed by atoms with Crippen LogP contribution in [0.15, 0.2) is 12.2 Å². The summed E-state index contributed by atoms with van der Waals surface area (Å²) in [6.45, 7) is -0.109. The first-order chi connectivity index (χ1) is 11.9. The van der Waals surface area contributed by atoms with Crippen LogP contribution in [-0.2, 0) is 19.1 Å². The van der Waals surface area contributed by atoms with Crippen molar-refractivity contribution in [3.8, 4) is 0 Å². The number of likely N-dealkylation sites (tertiary alicyclic amines) is 1. The predicted molar refractivity (Wildman–Crippen MR) is 79.3 cm³/mol. The summed E-state index contributed by atoms with van der Waals surface area (Å²) in [6.07, 6.45) is -2.99. The van der Waals surface area contributed by atoms with E-state index in [1.54, 1.807) is 0 Å². The Kier molecular flexibility index (Phi) is 4.18. The summed E-state index contributed by atoms with van der Waals surface area (Å²) in [7, 11) is 0. The highest BCUT2D eigenvalue weighted by atomic mass is 16.7. The van der Waals surface area contributed by atoms with Crippen molar-refractivity contribution in [2.45, 2.75) is 37.3 Å². The van der Waals surface area contributed by atoms with Crippen molar-refractivity contribution in [3.63, 3.8) is 0 Å². The van der Waals surface area contributed by atoms with Crippen LogP contribution in [-0.4, -0.2) is 81.2 Å². The minimum absolute atomic E-state index is 0.00539. The van der Waals surface area contributed by atoms with Gasteiger partial charge in [-0.15, -0.1) is 0 Å². The Labute approximate surface area is 143 Å². The quantitative estimate of drug-likeness (QED) is 0.323. The number of ether oxygens (including phenoxy) is 2. The fourth-order valence-electron chi connectivity index (χ4n) is 4.41. The summed E-state index contributed by atoms with van der Waals surface area (Å²) in [4.78, 5) is 26.2. The van der Waals surface area contributed by atoms with E-state index < -0.39 is 30.9 Å². The zero-order chi connectivity index (χ0) is 17.9. The molecule has 1 saturated carbocycles. The molecule has 9 unspecified atom stereocenters. The number of hydrogen-bond donors (Lipinski definition) is 4. The fourth-order valence-corrected chi connectivity index (χ4v) is 4.41. The molecule has 0 radical (unpaired) electrons. The maximum Gasteiger partial charge on any atom is 0.233 e. The Morgan fingerprint density at radius 2 is 1.60 bits per heavy atom. The highest BCUT2D eigenvalue weighted by molar-refractivity contribution is 6.06. The van der Waals surface area contributed by atoms with Crippen molar-refractivity contribution in [1.29, 1.82) is 0 Å². The van der Waals surface area contributed by atoms with Gasteiger partial charge < -0.3 is 29.9 Å². The van der Waals surface area contributed by atoms with Crippen LogP contribution >= 0.6 is 0 Å². The van der Waals surface area contributed by atoms with Gasteiger partial charge in [0.25, 0.3) is 0 Å². The van der Waals surface area contributed by atoms with Crippen LogP contribution in [0.1, 0.15) is 6.42 Å². The van der Waals surface area contributed by atoms with E-state index in [9.17, 15) is 30.0 Å². The van der Waals surface area contributed by atoms with E-state index in [1.165, 1.54) is 4.90 Å². The molecule has 9 heteroatoms. The molecule has 4 N–H and O–H groups in total. The molecule has 2 aliphatic heterocycles. The molecule has 25 heavy (non-hydrogen) atoms.